The van der Waals surface area contributed by atoms with Gasteiger partial charge in [-0.1, -0.05) is 36.4 Å². The van der Waals surface area contributed by atoms with E-state index in [1.807, 2.05) is 48.5 Å². The van der Waals surface area contributed by atoms with Gasteiger partial charge in [-0.2, -0.15) is 5.26 Å². The van der Waals surface area contributed by atoms with Crippen molar-refractivity contribution in [2.45, 2.75) is 51.5 Å². The second kappa shape index (κ2) is 11.9. The highest BCUT2D eigenvalue weighted by Crippen LogP contribution is 2.36. The fourth-order valence-corrected chi connectivity index (χ4v) is 4.98. The molecule has 1 heterocycles. The molecule has 1 aliphatic heterocycles. The average molecular weight is 482 g/mol. The molecule has 1 fully saturated rings. The van der Waals surface area contributed by atoms with E-state index in [2.05, 4.69) is 48.3 Å². The van der Waals surface area contributed by atoms with Gasteiger partial charge in [-0.3, -0.25) is 4.79 Å². The molecular formula is C31H35N3O2. The number of methoxy groups -OCH3 is 1. The van der Waals surface area contributed by atoms with Crippen molar-refractivity contribution in [3.63, 3.8) is 0 Å². The van der Waals surface area contributed by atoms with Crippen LogP contribution >= 0.6 is 0 Å². The van der Waals surface area contributed by atoms with Crippen LogP contribution in [0.25, 0.3) is 11.1 Å². The molecule has 0 spiro atoms. The lowest BCUT2D eigenvalue weighted by Crippen LogP contribution is -2.37. The standard InChI is InChI=1S/C31H35N3O2/c1-22(2)34-18-15-25(16-19-34)29-21-28(13-14-30(29)36-3)33-31(35)26-11-9-24(10-12-26)27-8-4-6-23(20-27)7-5-17-32/h4,6,8-14,20-22,25H,5,7,15-16,18-19H2,1-3H3,(H,33,35). The first-order chi connectivity index (χ1) is 17.5. The van der Waals surface area contributed by atoms with Crippen molar-refractivity contribution in [1.82, 2.24) is 4.90 Å². The molecule has 5 nitrogen and oxygen atoms in total. The van der Waals surface area contributed by atoms with E-state index in [0.29, 0.717) is 23.9 Å². The second-order valence-corrected chi connectivity index (χ2v) is 9.75. The van der Waals surface area contributed by atoms with E-state index >= 15 is 0 Å². The number of nitrogens with one attached hydrogen (secondary N) is 1. The Morgan fingerprint density at radius 3 is 2.47 bits per heavy atom. The molecule has 3 aromatic carbocycles. The zero-order chi connectivity index (χ0) is 25.5. The van der Waals surface area contributed by atoms with Gasteiger partial charge in [-0.05, 0) is 105 Å². The number of nitrogens with zero attached hydrogens (tertiary/aromatic N) is 2. The first-order valence-electron chi connectivity index (χ1n) is 12.8. The van der Waals surface area contributed by atoms with Crippen molar-refractivity contribution in [3.8, 4) is 22.9 Å². The number of ether oxygens (including phenoxy) is 1. The highest BCUT2D eigenvalue weighted by molar-refractivity contribution is 6.04. The van der Waals surface area contributed by atoms with Gasteiger partial charge < -0.3 is 15.0 Å². The van der Waals surface area contributed by atoms with Crippen LogP contribution < -0.4 is 10.1 Å². The van der Waals surface area contributed by atoms with Gasteiger partial charge in [0.1, 0.15) is 5.75 Å². The van der Waals surface area contributed by atoms with E-state index in [9.17, 15) is 4.79 Å². The van der Waals surface area contributed by atoms with Crippen LogP contribution in [0.15, 0.2) is 66.7 Å². The molecule has 5 heteroatoms. The maximum absolute atomic E-state index is 13.0. The van der Waals surface area contributed by atoms with Crippen LogP contribution in [0.4, 0.5) is 5.69 Å². The Morgan fingerprint density at radius 1 is 1.06 bits per heavy atom. The summed E-state index contributed by atoms with van der Waals surface area (Å²) in [6.07, 6.45) is 3.43. The minimum Gasteiger partial charge on any atom is -0.496 e. The van der Waals surface area contributed by atoms with E-state index in [0.717, 1.165) is 60.5 Å². The number of hydrogen-bond acceptors (Lipinski definition) is 4. The lowest BCUT2D eigenvalue weighted by Gasteiger charge is -2.35. The van der Waals surface area contributed by atoms with Crippen LogP contribution in [-0.4, -0.2) is 37.0 Å². The van der Waals surface area contributed by atoms with Crippen molar-refractivity contribution in [3.05, 3.63) is 83.4 Å². The van der Waals surface area contributed by atoms with Crippen molar-refractivity contribution in [2.24, 2.45) is 0 Å². The van der Waals surface area contributed by atoms with Gasteiger partial charge in [0, 0.05) is 23.7 Å². The summed E-state index contributed by atoms with van der Waals surface area (Å²) in [7, 11) is 1.71. The van der Waals surface area contributed by atoms with Crippen LogP contribution in [-0.2, 0) is 6.42 Å². The topological polar surface area (TPSA) is 65.4 Å². The van der Waals surface area contributed by atoms with E-state index in [-0.39, 0.29) is 5.91 Å². The second-order valence-electron chi connectivity index (χ2n) is 9.75. The van der Waals surface area contributed by atoms with Gasteiger partial charge in [0.15, 0.2) is 0 Å². The number of carbonyl (C=O) groups excluding carboxylic acids is 1. The number of rotatable bonds is 8. The Bertz CT molecular complexity index is 1220. The van der Waals surface area contributed by atoms with Gasteiger partial charge in [0.25, 0.3) is 5.91 Å². The summed E-state index contributed by atoms with van der Waals surface area (Å²) in [5.74, 6) is 1.18. The largest absolute Gasteiger partial charge is 0.496 e. The first kappa shape index (κ1) is 25.5. The third-order valence-corrected chi connectivity index (χ3v) is 7.12. The number of aryl methyl sites for hydroxylation is 1. The SMILES string of the molecule is COc1ccc(NC(=O)c2ccc(-c3cccc(CCC#N)c3)cc2)cc1C1CCN(C(C)C)CC1. The summed E-state index contributed by atoms with van der Waals surface area (Å²) in [6.45, 7) is 6.65. The molecule has 0 aliphatic carbocycles. The highest BCUT2D eigenvalue weighted by atomic mass is 16.5. The van der Waals surface area contributed by atoms with E-state index in [1.54, 1.807) is 7.11 Å². The molecule has 0 bridgehead atoms. The van der Waals surface area contributed by atoms with Crippen LogP contribution in [0.1, 0.15) is 60.5 Å². The van der Waals surface area contributed by atoms with Crippen LogP contribution in [0.5, 0.6) is 5.75 Å². The van der Waals surface area contributed by atoms with E-state index in [4.69, 9.17) is 10.00 Å². The summed E-state index contributed by atoms with van der Waals surface area (Å²) >= 11 is 0. The normalized spacial score (nSPS) is 14.4. The molecule has 1 saturated heterocycles. The lowest BCUT2D eigenvalue weighted by molar-refractivity contribution is 0.102. The molecule has 3 aromatic rings. The van der Waals surface area contributed by atoms with Crippen LogP contribution in [0, 0.1) is 11.3 Å². The van der Waals surface area contributed by atoms with Crippen molar-refractivity contribution < 1.29 is 9.53 Å². The number of benzene rings is 3. The Labute approximate surface area is 214 Å². The molecule has 1 amide bonds. The molecule has 1 aliphatic rings. The maximum atomic E-state index is 13.0. The molecular weight excluding hydrogens is 446 g/mol. The highest BCUT2D eigenvalue weighted by Gasteiger charge is 2.24. The molecule has 4 rings (SSSR count). The molecule has 1 N–H and O–H groups in total. The molecule has 0 atom stereocenters. The van der Waals surface area contributed by atoms with Gasteiger partial charge >= 0.3 is 0 Å². The predicted octanol–water partition coefficient (Wildman–Crippen LogP) is 6.66. The number of hydrogen-bond donors (Lipinski definition) is 1. The molecule has 0 radical (unpaired) electrons. The average Bonchev–Trinajstić information content (AvgIpc) is 2.92. The Kier molecular flexibility index (Phi) is 8.40. The van der Waals surface area contributed by atoms with Gasteiger partial charge in [0.2, 0.25) is 0 Å². The third-order valence-electron chi connectivity index (χ3n) is 7.12. The zero-order valence-corrected chi connectivity index (χ0v) is 21.5. The Balaban J connectivity index is 1.45. The van der Waals surface area contributed by atoms with Gasteiger partial charge in [-0.15, -0.1) is 0 Å². The maximum Gasteiger partial charge on any atom is 0.255 e. The number of amides is 1. The predicted molar refractivity (Wildman–Crippen MR) is 145 cm³/mol. The molecule has 186 valence electrons. The Hall–Kier alpha value is -3.62. The van der Waals surface area contributed by atoms with Gasteiger partial charge in [0.05, 0.1) is 13.2 Å². The van der Waals surface area contributed by atoms with Crippen molar-refractivity contribution in [2.75, 3.05) is 25.5 Å². The summed E-state index contributed by atoms with van der Waals surface area (Å²) in [4.78, 5) is 15.5. The van der Waals surface area contributed by atoms with Crippen LogP contribution in [0.3, 0.4) is 0 Å². The fraction of sp³-hybridized carbons (Fsp3) is 0.355. The molecule has 36 heavy (non-hydrogen) atoms. The monoisotopic (exact) mass is 481 g/mol. The minimum atomic E-state index is -0.130. The first-order valence-corrected chi connectivity index (χ1v) is 12.8. The summed E-state index contributed by atoms with van der Waals surface area (Å²) in [5, 5.41) is 11.9. The summed E-state index contributed by atoms with van der Waals surface area (Å²) in [5.41, 5.74) is 5.84. The smallest absolute Gasteiger partial charge is 0.255 e. The minimum absolute atomic E-state index is 0.130. The van der Waals surface area contributed by atoms with Gasteiger partial charge in [-0.25, -0.2) is 0 Å². The lowest BCUT2D eigenvalue weighted by atomic mass is 9.88. The Morgan fingerprint density at radius 2 is 1.81 bits per heavy atom. The fourth-order valence-electron chi connectivity index (χ4n) is 4.98. The van der Waals surface area contributed by atoms with E-state index < -0.39 is 0 Å². The molecule has 0 aromatic heterocycles. The quantitative estimate of drug-likeness (QED) is 0.391. The molecule has 0 unspecified atom stereocenters. The number of nitriles is 1. The number of piperidine rings is 1. The number of likely N-dealkylation sites (tertiary alicyclic amines) is 1. The summed E-state index contributed by atoms with van der Waals surface area (Å²) in [6, 6.07) is 24.6. The molecule has 0 saturated carbocycles. The third kappa shape index (κ3) is 6.13. The van der Waals surface area contributed by atoms with E-state index in [1.165, 1.54) is 5.56 Å². The number of carbonyl (C=O) groups is 1. The van der Waals surface area contributed by atoms with Crippen molar-refractivity contribution >= 4 is 11.6 Å². The summed E-state index contributed by atoms with van der Waals surface area (Å²) < 4.78 is 5.66. The van der Waals surface area contributed by atoms with Crippen LogP contribution in [0.2, 0.25) is 0 Å². The number of anilines is 1. The van der Waals surface area contributed by atoms with Crippen molar-refractivity contribution in [1.29, 1.82) is 5.26 Å². The zero-order valence-electron chi connectivity index (χ0n) is 21.5.